The maximum atomic E-state index is 4.35. The van der Waals surface area contributed by atoms with Gasteiger partial charge in [-0.25, -0.2) is 0 Å². The summed E-state index contributed by atoms with van der Waals surface area (Å²) in [7, 11) is 0. The molecule has 1 heterocycles. The molecule has 0 atom stereocenters. The standard InChI is InChI=1S/C14H19N3/c1-4-17-12(3)13(10-16-17)9-15-14-8-6-5-7-11(14)2/h5-8,10,15H,4,9H2,1-3H3. The molecule has 0 radical (unpaired) electrons. The third-order valence-corrected chi connectivity index (χ3v) is 3.12. The first kappa shape index (κ1) is 11.7. The monoisotopic (exact) mass is 229 g/mol. The van der Waals surface area contributed by atoms with Gasteiger partial charge in [0.15, 0.2) is 0 Å². The van der Waals surface area contributed by atoms with E-state index in [0.29, 0.717) is 0 Å². The van der Waals surface area contributed by atoms with Gasteiger partial charge >= 0.3 is 0 Å². The summed E-state index contributed by atoms with van der Waals surface area (Å²) in [6.07, 6.45) is 1.95. The second-order valence-electron chi connectivity index (χ2n) is 4.24. The van der Waals surface area contributed by atoms with Gasteiger partial charge in [0.2, 0.25) is 0 Å². The number of aromatic nitrogens is 2. The molecule has 1 N–H and O–H groups in total. The Hall–Kier alpha value is -1.77. The van der Waals surface area contributed by atoms with Gasteiger partial charge < -0.3 is 5.32 Å². The van der Waals surface area contributed by atoms with Gasteiger partial charge in [-0.3, -0.25) is 4.68 Å². The fourth-order valence-electron chi connectivity index (χ4n) is 1.94. The van der Waals surface area contributed by atoms with Crippen LogP contribution in [0.5, 0.6) is 0 Å². The molecule has 3 nitrogen and oxygen atoms in total. The Morgan fingerprint density at radius 3 is 2.65 bits per heavy atom. The molecule has 1 aromatic carbocycles. The first-order chi connectivity index (χ1) is 8.22. The minimum absolute atomic E-state index is 0.830. The largest absolute Gasteiger partial charge is 0.381 e. The Balaban J connectivity index is 2.07. The van der Waals surface area contributed by atoms with Crippen molar-refractivity contribution in [3.63, 3.8) is 0 Å². The molecule has 3 heteroatoms. The van der Waals surface area contributed by atoms with Gasteiger partial charge in [-0.2, -0.15) is 5.10 Å². The van der Waals surface area contributed by atoms with Gasteiger partial charge in [-0.05, 0) is 32.4 Å². The topological polar surface area (TPSA) is 29.9 Å². The van der Waals surface area contributed by atoms with Crippen LogP contribution < -0.4 is 5.32 Å². The van der Waals surface area contributed by atoms with E-state index in [-0.39, 0.29) is 0 Å². The van der Waals surface area contributed by atoms with E-state index in [1.54, 1.807) is 0 Å². The molecule has 0 aliphatic heterocycles. The summed E-state index contributed by atoms with van der Waals surface area (Å²) in [6.45, 7) is 8.10. The first-order valence-electron chi connectivity index (χ1n) is 6.03. The van der Waals surface area contributed by atoms with E-state index in [2.05, 4.69) is 55.5 Å². The van der Waals surface area contributed by atoms with E-state index in [9.17, 15) is 0 Å². The molecule has 0 fully saturated rings. The highest BCUT2D eigenvalue weighted by atomic mass is 15.3. The van der Waals surface area contributed by atoms with Gasteiger partial charge in [-0.15, -0.1) is 0 Å². The van der Waals surface area contributed by atoms with Crippen LogP contribution in [0.1, 0.15) is 23.7 Å². The summed E-state index contributed by atoms with van der Waals surface area (Å²) in [5, 5.41) is 7.80. The summed E-state index contributed by atoms with van der Waals surface area (Å²) >= 11 is 0. The predicted molar refractivity (Wildman–Crippen MR) is 71.1 cm³/mol. The zero-order valence-electron chi connectivity index (χ0n) is 10.7. The van der Waals surface area contributed by atoms with Crippen LogP contribution in [0.25, 0.3) is 0 Å². The molecular weight excluding hydrogens is 210 g/mol. The van der Waals surface area contributed by atoms with Crippen LogP contribution in [0, 0.1) is 13.8 Å². The Bertz CT molecular complexity index is 500. The summed E-state index contributed by atoms with van der Waals surface area (Å²) in [4.78, 5) is 0. The number of rotatable bonds is 4. The van der Waals surface area contributed by atoms with Gasteiger partial charge in [0.05, 0.1) is 6.20 Å². The van der Waals surface area contributed by atoms with Crippen molar-refractivity contribution in [2.24, 2.45) is 0 Å². The highest BCUT2D eigenvalue weighted by molar-refractivity contribution is 5.50. The molecule has 0 aliphatic carbocycles. The average Bonchev–Trinajstić information content (AvgIpc) is 2.69. The maximum absolute atomic E-state index is 4.35. The molecule has 0 saturated carbocycles. The van der Waals surface area contributed by atoms with Gasteiger partial charge in [0.25, 0.3) is 0 Å². The van der Waals surface area contributed by atoms with Crippen molar-refractivity contribution in [1.82, 2.24) is 9.78 Å². The van der Waals surface area contributed by atoms with E-state index in [0.717, 1.165) is 13.1 Å². The van der Waals surface area contributed by atoms with Crippen LogP contribution >= 0.6 is 0 Å². The van der Waals surface area contributed by atoms with E-state index < -0.39 is 0 Å². The number of hydrogen-bond acceptors (Lipinski definition) is 2. The highest BCUT2D eigenvalue weighted by Gasteiger charge is 2.05. The van der Waals surface area contributed by atoms with Crippen molar-refractivity contribution in [3.8, 4) is 0 Å². The summed E-state index contributed by atoms with van der Waals surface area (Å²) in [5.41, 5.74) is 4.97. The predicted octanol–water partition coefficient (Wildman–Crippen LogP) is 3.13. The Morgan fingerprint density at radius 1 is 1.24 bits per heavy atom. The number of benzene rings is 1. The third kappa shape index (κ3) is 2.49. The van der Waals surface area contributed by atoms with Crippen LogP contribution in [0.4, 0.5) is 5.69 Å². The number of nitrogens with zero attached hydrogens (tertiary/aromatic N) is 2. The van der Waals surface area contributed by atoms with Crippen LogP contribution in [0.15, 0.2) is 30.5 Å². The van der Waals surface area contributed by atoms with Crippen LogP contribution in [-0.4, -0.2) is 9.78 Å². The van der Waals surface area contributed by atoms with Crippen molar-refractivity contribution < 1.29 is 0 Å². The van der Waals surface area contributed by atoms with Crippen LogP contribution in [-0.2, 0) is 13.1 Å². The second-order valence-corrected chi connectivity index (χ2v) is 4.24. The molecule has 2 rings (SSSR count). The number of aryl methyl sites for hydroxylation is 2. The Labute approximate surface area is 102 Å². The average molecular weight is 229 g/mol. The Morgan fingerprint density at radius 2 is 2.00 bits per heavy atom. The number of anilines is 1. The van der Waals surface area contributed by atoms with Crippen molar-refractivity contribution in [2.45, 2.75) is 33.9 Å². The van der Waals surface area contributed by atoms with Crippen molar-refractivity contribution >= 4 is 5.69 Å². The molecule has 0 spiro atoms. The summed E-state index contributed by atoms with van der Waals surface area (Å²) in [5.74, 6) is 0. The lowest BCUT2D eigenvalue weighted by Crippen LogP contribution is -2.03. The number of nitrogens with one attached hydrogen (secondary N) is 1. The molecule has 90 valence electrons. The molecule has 0 bridgehead atoms. The molecule has 0 saturated heterocycles. The molecule has 0 unspecified atom stereocenters. The molecule has 2 aromatic rings. The lowest BCUT2D eigenvalue weighted by Gasteiger charge is -2.09. The van der Waals surface area contributed by atoms with Crippen LogP contribution in [0.3, 0.4) is 0 Å². The molecule has 1 aromatic heterocycles. The van der Waals surface area contributed by atoms with Crippen molar-refractivity contribution in [1.29, 1.82) is 0 Å². The fourth-order valence-corrected chi connectivity index (χ4v) is 1.94. The normalized spacial score (nSPS) is 10.5. The van der Waals surface area contributed by atoms with Crippen LogP contribution in [0.2, 0.25) is 0 Å². The quantitative estimate of drug-likeness (QED) is 0.873. The van der Waals surface area contributed by atoms with E-state index >= 15 is 0 Å². The van der Waals surface area contributed by atoms with Gasteiger partial charge in [0, 0.05) is 30.0 Å². The molecule has 0 aliphatic rings. The zero-order valence-corrected chi connectivity index (χ0v) is 10.7. The van der Waals surface area contributed by atoms with E-state index in [1.807, 2.05) is 10.9 Å². The molecule has 0 amide bonds. The second kappa shape index (κ2) is 5.04. The van der Waals surface area contributed by atoms with Crippen molar-refractivity contribution in [3.05, 3.63) is 47.3 Å². The van der Waals surface area contributed by atoms with E-state index in [1.165, 1.54) is 22.5 Å². The summed E-state index contributed by atoms with van der Waals surface area (Å²) < 4.78 is 2.02. The molecule has 17 heavy (non-hydrogen) atoms. The highest BCUT2D eigenvalue weighted by Crippen LogP contribution is 2.15. The molecular formula is C14H19N3. The minimum atomic E-state index is 0.830. The zero-order chi connectivity index (χ0) is 12.3. The third-order valence-electron chi connectivity index (χ3n) is 3.12. The Kier molecular flexibility index (Phi) is 3.47. The smallest absolute Gasteiger partial charge is 0.0542 e. The van der Waals surface area contributed by atoms with E-state index in [4.69, 9.17) is 0 Å². The lowest BCUT2D eigenvalue weighted by atomic mass is 10.2. The van der Waals surface area contributed by atoms with Gasteiger partial charge in [-0.1, -0.05) is 18.2 Å². The lowest BCUT2D eigenvalue weighted by molar-refractivity contribution is 0.638. The van der Waals surface area contributed by atoms with Gasteiger partial charge in [0.1, 0.15) is 0 Å². The number of hydrogen-bond donors (Lipinski definition) is 1. The SMILES string of the molecule is CCn1ncc(CNc2ccccc2C)c1C. The fraction of sp³-hybridized carbons (Fsp3) is 0.357. The summed E-state index contributed by atoms with van der Waals surface area (Å²) in [6, 6.07) is 8.33. The van der Waals surface area contributed by atoms with Crippen molar-refractivity contribution in [2.75, 3.05) is 5.32 Å². The first-order valence-corrected chi connectivity index (χ1v) is 6.03. The minimum Gasteiger partial charge on any atom is -0.381 e. The maximum Gasteiger partial charge on any atom is 0.0542 e. The number of para-hydroxylation sites is 1.